The van der Waals surface area contributed by atoms with E-state index in [1.165, 1.54) is 26.1 Å². The van der Waals surface area contributed by atoms with Crippen molar-refractivity contribution in [1.82, 2.24) is 40.9 Å². The minimum Gasteiger partial charge on any atom is -0.504 e. The smallest absolute Gasteiger partial charge is 0.274 e. The van der Waals surface area contributed by atoms with Crippen LogP contribution in [0.3, 0.4) is 0 Å². The Morgan fingerprint density at radius 2 is 1.56 bits per heavy atom. The predicted molar refractivity (Wildman–Crippen MR) is 267 cm³/mol. The standard InChI is InChI=1S/C49H64N12O10S/c1-27-40(28(2)57-43(56-27)31-11-13-33(14-12-31)49(4,5)6)46(65)60-37(26-55-72(53,68)69)48(67)61(7)41-32-24-35(42(62)39(25-32)71-21-9-17-51)34-22-30(10-15-38(34)70-20-8-16-50)23-36(45(64)54-19-18-52)59-44(63)29(3)58-47(41)66/h10-15,22,24-25,29,36-37,41,55,62H,8-9,16-17,19-21,23,26,50-51H2,1-7H3,(H,54,64)(H,58,66)(H,59,63)(H,60,65)(H2,53,68,69)/t29-,36-,37-,41-/m0/s1. The van der Waals surface area contributed by atoms with Gasteiger partial charge in [-0.2, -0.15) is 18.4 Å². The quantitative estimate of drug-likeness (QED) is 0.0499. The summed E-state index contributed by atoms with van der Waals surface area (Å²) in [7, 11) is -3.27. The molecular formula is C49H64N12O10S. The summed E-state index contributed by atoms with van der Waals surface area (Å²) >= 11 is 0. The van der Waals surface area contributed by atoms with E-state index in [1.54, 1.807) is 32.0 Å². The molecule has 5 rings (SSSR count). The molecular weight excluding hydrogens is 949 g/mol. The highest BCUT2D eigenvalue weighted by Gasteiger charge is 2.38. The van der Waals surface area contributed by atoms with Gasteiger partial charge in [-0.1, -0.05) is 51.1 Å². The molecule has 0 unspecified atom stereocenters. The van der Waals surface area contributed by atoms with Gasteiger partial charge < -0.3 is 52.2 Å². The van der Waals surface area contributed by atoms with Gasteiger partial charge in [-0.05, 0) is 93.1 Å². The van der Waals surface area contributed by atoms with Gasteiger partial charge in [0, 0.05) is 36.7 Å². The van der Waals surface area contributed by atoms with E-state index in [1.807, 2.05) is 30.3 Å². The molecule has 1 aliphatic rings. The zero-order chi connectivity index (χ0) is 53.1. The molecule has 0 saturated heterocycles. The lowest BCUT2D eigenvalue weighted by molar-refractivity contribution is -0.141. The van der Waals surface area contributed by atoms with Gasteiger partial charge in [-0.3, -0.25) is 24.0 Å². The second kappa shape index (κ2) is 24.3. The number of phenolic OH excluding ortho intramolecular Hbond substituents is 1. The number of rotatable bonds is 18. The van der Waals surface area contributed by atoms with E-state index in [4.69, 9.17) is 26.1 Å². The van der Waals surface area contributed by atoms with Crippen molar-refractivity contribution in [2.75, 3.05) is 46.4 Å². The van der Waals surface area contributed by atoms with Crippen molar-refractivity contribution in [3.8, 4) is 45.8 Å². The molecule has 386 valence electrons. The molecule has 1 aromatic heterocycles. The number of carbonyl (C=O) groups is 5. The van der Waals surface area contributed by atoms with E-state index in [0.717, 1.165) is 10.5 Å². The second-order valence-electron chi connectivity index (χ2n) is 18.3. The van der Waals surface area contributed by atoms with Crippen molar-refractivity contribution in [3.05, 3.63) is 88.2 Å². The first-order valence-electron chi connectivity index (χ1n) is 23.2. The van der Waals surface area contributed by atoms with Crippen molar-refractivity contribution >= 4 is 39.7 Å². The number of nitrogens with two attached hydrogens (primary N) is 3. The summed E-state index contributed by atoms with van der Waals surface area (Å²) in [6.45, 7) is 10.3. The Morgan fingerprint density at radius 3 is 2.14 bits per heavy atom. The number of likely N-dealkylation sites (N-methyl/N-ethyl adjacent to an activating group) is 1. The fourth-order valence-corrected chi connectivity index (χ4v) is 8.27. The Labute approximate surface area is 419 Å². The van der Waals surface area contributed by atoms with Crippen LogP contribution >= 0.6 is 0 Å². The molecule has 23 heteroatoms. The number of aromatic hydroxyl groups is 1. The van der Waals surface area contributed by atoms with Gasteiger partial charge >= 0.3 is 0 Å². The Hall–Kier alpha value is -7.23. The molecule has 3 aromatic carbocycles. The van der Waals surface area contributed by atoms with Crippen LogP contribution in [0.1, 0.15) is 85.0 Å². The number of fused-ring (bicyclic) bond motifs is 5. The number of hydrogen-bond acceptors (Lipinski definition) is 15. The zero-order valence-corrected chi connectivity index (χ0v) is 42.2. The number of ether oxygens (including phenoxy) is 2. The van der Waals surface area contributed by atoms with Gasteiger partial charge in [0.05, 0.1) is 36.2 Å². The Morgan fingerprint density at radius 1 is 0.931 bits per heavy atom. The van der Waals surface area contributed by atoms with E-state index in [9.17, 15) is 42.8 Å². The lowest BCUT2D eigenvalue weighted by atomic mass is 9.86. The number of nitriles is 1. The van der Waals surface area contributed by atoms with Crippen molar-refractivity contribution < 1.29 is 47.0 Å². The molecule has 0 aliphatic carbocycles. The van der Waals surface area contributed by atoms with Crippen LogP contribution in [0.4, 0.5) is 0 Å². The summed E-state index contributed by atoms with van der Waals surface area (Å²) in [4.78, 5) is 81.4. The van der Waals surface area contributed by atoms with Gasteiger partial charge in [0.15, 0.2) is 17.3 Å². The molecule has 4 aromatic rings. The number of amides is 5. The van der Waals surface area contributed by atoms with Gasteiger partial charge in [0.2, 0.25) is 23.6 Å². The zero-order valence-electron chi connectivity index (χ0n) is 41.4. The number of phenols is 1. The number of hydrogen-bond donors (Lipinski definition) is 9. The average molecular weight is 1010 g/mol. The van der Waals surface area contributed by atoms with Crippen molar-refractivity contribution in [2.45, 2.75) is 90.4 Å². The van der Waals surface area contributed by atoms with E-state index in [0.29, 0.717) is 36.3 Å². The molecule has 4 bridgehead atoms. The Bertz CT molecular complexity index is 2790. The predicted octanol–water partition coefficient (Wildman–Crippen LogP) is 1.16. The lowest BCUT2D eigenvalue weighted by Gasteiger charge is -2.33. The molecule has 0 fully saturated rings. The van der Waals surface area contributed by atoms with Crippen LogP contribution in [0.2, 0.25) is 0 Å². The van der Waals surface area contributed by atoms with Crippen LogP contribution in [-0.2, 0) is 41.2 Å². The third-order valence-corrected chi connectivity index (χ3v) is 12.3. The van der Waals surface area contributed by atoms with Gasteiger partial charge in [0.25, 0.3) is 16.1 Å². The molecule has 1 aliphatic heterocycles. The van der Waals surface area contributed by atoms with Crippen LogP contribution in [0.5, 0.6) is 17.2 Å². The van der Waals surface area contributed by atoms with Crippen LogP contribution in [0.15, 0.2) is 54.6 Å². The van der Waals surface area contributed by atoms with Crippen molar-refractivity contribution in [1.29, 1.82) is 5.26 Å². The fraction of sp³-hybridized carbons (Fsp3) is 0.429. The fourth-order valence-electron chi connectivity index (χ4n) is 7.87. The monoisotopic (exact) mass is 1010 g/mol. The van der Waals surface area contributed by atoms with Gasteiger partial charge in [0.1, 0.15) is 36.5 Å². The number of nitrogens with zero attached hydrogens (tertiary/aromatic N) is 4. The molecule has 22 nitrogen and oxygen atoms in total. The summed E-state index contributed by atoms with van der Waals surface area (Å²) < 4.78 is 38.9. The Kier molecular flexibility index (Phi) is 18.8. The second-order valence-corrected chi connectivity index (χ2v) is 19.7. The molecule has 12 N–H and O–H groups in total. The highest BCUT2D eigenvalue weighted by atomic mass is 32.2. The van der Waals surface area contributed by atoms with E-state index in [-0.39, 0.29) is 83.3 Å². The summed E-state index contributed by atoms with van der Waals surface area (Å²) in [5.41, 5.74) is 14.5. The lowest BCUT2D eigenvalue weighted by Crippen LogP contribution is -2.57. The number of aromatic nitrogens is 2. The van der Waals surface area contributed by atoms with E-state index >= 15 is 0 Å². The van der Waals surface area contributed by atoms with E-state index < -0.39 is 76.2 Å². The largest absolute Gasteiger partial charge is 0.504 e. The third-order valence-electron chi connectivity index (χ3n) is 11.7. The summed E-state index contributed by atoms with van der Waals surface area (Å²) in [5.74, 6) is -4.32. The SMILES string of the molecule is Cc1nc(-c2ccc(C(C)(C)C)cc2)nc(C)c1C(=O)N[C@@H](CNS(N)(=O)=O)C(=O)N(C)[C@@H]1C(=O)N[C@@H](C)C(=O)N[C@H](C(=O)NCC#N)Cc2ccc(OCCCN)c(c2)-c2cc1cc(OCCCN)c2O. The molecule has 4 atom stereocenters. The number of carbonyl (C=O) groups excluding carboxylic acids is 5. The molecule has 72 heavy (non-hydrogen) atoms. The molecule has 5 amide bonds. The molecule has 2 heterocycles. The molecule has 0 spiro atoms. The van der Waals surface area contributed by atoms with Crippen LogP contribution in [-0.4, -0.2) is 122 Å². The van der Waals surface area contributed by atoms with Crippen molar-refractivity contribution in [2.24, 2.45) is 16.6 Å². The number of nitrogens with one attached hydrogen (secondary N) is 5. The van der Waals surface area contributed by atoms with Crippen LogP contribution in [0.25, 0.3) is 22.5 Å². The number of benzene rings is 3. The van der Waals surface area contributed by atoms with Crippen LogP contribution < -0.4 is 52.1 Å². The normalized spacial score (nSPS) is 16.5. The topological polar surface area (TPSA) is 349 Å². The molecule has 0 radical (unpaired) electrons. The highest BCUT2D eigenvalue weighted by Crippen LogP contribution is 2.45. The van der Waals surface area contributed by atoms with Gasteiger partial charge in [-0.25, -0.2) is 15.1 Å². The van der Waals surface area contributed by atoms with Gasteiger partial charge in [-0.15, -0.1) is 0 Å². The summed E-state index contributed by atoms with van der Waals surface area (Å²) in [5, 5.41) is 36.8. The molecule has 0 saturated carbocycles. The average Bonchev–Trinajstić information content (AvgIpc) is 3.31. The van der Waals surface area contributed by atoms with Crippen LogP contribution in [0, 0.1) is 25.2 Å². The third kappa shape index (κ3) is 14.2. The first kappa shape index (κ1) is 55.7. The number of aryl methyl sites for hydroxylation is 2. The minimum atomic E-state index is -4.48. The van der Waals surface area contributed by atoms with E-state index in [2.05, 4.69) is 56.7 Å². The maximum Gasteiger partial charge on any atom is 0.274 e. The maximum absolute atomic E-state index is 15.0. The maximum atomic E-state index is 15.0. The van der Waals surface area contributed by atoms with Crippen molar-refractivity contribution in [3.63, 3.8) is 0 Å². The summed E-state index contributed by atoms with van der Waals surface area (Å²) in [6, 6.07) is 11.0. The minimum absolute atomic E-state index is 0.00883. The Balaban J connectivity index is 1.66. The summed E-state index contributed by atoms with van der Waals surface area (Å²) in [6.07, 6.45) is 0.686. The highest BCUT2D eigenvalue weighted by molar-refractivity contribution is 7.87. The first-order valence-corrected chi connectivity index (χ1v) is 24.7. The first-order chi connectivity index (χ1) is 34.0.